The van der Waals surface area contributed by atoms with Crippen LogP contribution < -0.4 is 69.6 Å². The number of carboxylic acids is 1. The van der Waals surface area contributed by atoms with Crippen LogP contribution in [0.3, 0.4) is 0 Å². The van der Waals surface area contributed by atoms with E-state index in [4.69, 9.17) is 4.42 Å². The first-order valence-corrected chi connectivity index (χ1v) is 7.32. The van der Waals surface area contributed by atoms with Crippen LogP contribution in [0.15, 0.2) is 69.9 Å². The van der Waals surface area contributed by atoms with Gasteiger partial charge in [-0.05, 0) is 23.3 Å². The Kier molecular flexibility index (Phi) is 6.86. The second-order valence-electron chi connectivity index (χ2n) is 5.39. The van der Waals surface area contributed by atoms with Gasteiger partial charge in [0.15, 0.2) is 5.43 Å². The minimum atomic E-state index is -1.25. The van der Waals surface area contributed by atoms with Gasteiger partial charge >= 0.3 is 59.1 Å². The predicted octanol–water partition coefficient (Wildman–Crippen LogP) is -3.26. The smallest absolute Gasteiger partial charge is 0.545 e. The number of carboxylic acid groups (broad SMARTS) is 1. The molecule has 4 rings (SSSR count). The van der Waals surface area contributed by atoms with Crippen molar-refractivity contribution in [2.75, 3.05) is 0 Å². The fraction of sp³-hybridized carbons (Fsp3) is 0. The topological polar surface area (TPSA) is 70.3 Å². The average molecular weight is 360 g/mol. The van der Waals surface area contributed by atoms with E-state index in [2.05, 4.69) is 6.07 Å². The maximum atomic E-state index is 11.7. The summed E-state index contributed by atoms with van der Waals surface area (Å²) in [5, 5.41) is 12.3. The Labute approximate surface area is 193 Å². The summed E-state index contributed by atoms with van der Waals surface area (Å²) >= 11 is 0. The van der Waals surface area contributed by atoms with Crippen molar-refractivity contribution in [3.05, 3.63) is 82.5 Å². The molecule has 0 N–H and O–H groups in total. The molecule has 0 bridgehead atoms. The molecule has 0 aromatic heterocycles. The second-order valence-corrected chi connectivity index (χ2v) is 5.39. The normalized spacial score (nSPS) is 10.2. The van der Waals surface area contributed by atoms with Crippen molar-refractivity contribution in [1.82, 2.24) is 0 Å². The molecule has 2 aliphatic rings. The summed E-state index contributed by atoms with van der Waals surface area (Å²) in [6.45, 7) is 0. The van der Waals surface area contributed by atoms with Gasteiger partial charge in [-0.2, -0.15) is 18.2 Å². The Bertz CT molecular complexity index is 1120. The van der Waals surface area contributed by atoms with Crippen molar-refractivity contribution >= 4 is 16.9 Å². The standard InChI is InChI=1S/C20H11O4.2Na/c21-12-9-10-16-18(11-12)24-17-8-4-3-7-15(17)19(16)13-5-1-2-6-14(13)20(22)23;;/h1-3,5-11H,(H,22,23);;/q-1;2*+1/p-1. The van der Waals surface area contributed by atoms with E-state index in [9.17, 15) is 14.7 Å². The molecule has 6 heteroatoms. The molecule has 4 nitrogen and oxygen atoms in total. The predicted molar refractivity (Wildman–Crippen MR) is 87.7 cm³/mol. The fourth-order valence-electron chi connectivity index (χ4n) is 2.93. The van der Waals surface area contributed by atoms with Gasteiger partial charge < -0.3 is 14.3 Å². The molecule has 0 saturated heterocycles. The molecule has 0 saturated carbocycles. The third-order valence-corrected chi connectivity index (χ3v) is 3.95. The molecule has 1 aliphatic carbocycles. The quantitative estimate of drug-likeness (QED) is 0.214. The largest absolute Gasteiger partial charge is 1.00 e. The van der Waals surface area contributed by atoms with Crippen molar-refractivity contribution in [3.63, 3.8) is 0 Å². The van der Waals surface area contributed by atoms with Crippen LogP contribution >= 0.6 is 0 Å². The first-order valence-electron chi connectivity index (χ1n) is 7.32. The minimum Gasteiger partial charge on any atom is -0.545 e. The number of hydrogen-bond acceptors (Lipinski definition) is 4. The van der Waals surface area contributed by atoms with Crippen LogP contribution in [0, 0.1) is 6.07 Å². The zero-order valence-electron chi connectivity index (χ0n) is 14.4. The van der Waals surface area contributed by atoms with Gasteiger partial charge in [-0.25, -0.2) is 0 Å². The summed E-state index contributed by atoms with van der Waals surface area (Å²) in [7, 11) is 0. The molecule has 1 heterocycles. The number of carbonyl (C=O) groups is 1. The van der Waals surface area contributed by atoms with Crippen molar-refractivity contribution in [2.24, 2.45) is 0 Å². The number of benzene rings is 3. The van der Waals surface area contributed by atoms with Gasteiger partial charge in [0.05, 0.1) is 5.97 Å². The van der Waals surface area contributed by atoms with E-state index in [0.29, 0.717) is 28.0 Å². The van der Waals surface area contributed by atoms with Crippen LogP contribution in [-0.4, -0.2) is 5.97 Å². The third-order valence-electron chi connectivity index (χ3n) is 3.95. The van der Waals surface area contributed by atoms with Gasteiger partial charge in [-0.15, -0.1) is 6.07 Å². The third kappa shape index (κ3) is 3.67. The molecule has 1 aliphatic heterocycles. The van der Waals surface area contributed by atoms with E-state index in [0.717, 1.165) is 5.39 Å². The van der Waals surface area contributed by atoms with Crippen molar-refractivity contribution in [3.8, 4) is 22.5 Å². The molecular formula is C20H10Na2O4. The van der Waals surface area contributed by atoms with Gasteiger partial charge in [0, 0.05) is 22.8 Å². The summed E-state index contributed by atoms with van der Waals surface area (Å²) in [6.07, 6.45) is 0. The van der Waals surface area contributed by atoms with Crippen LogP contribution in [0.25, 0.3) is 33.4 Å². The molecule has 0 atom stereocenters. The van der Waals surface area contributed by atoms with Gasteiger partial charge in [-0.1, -0.05) is 29.7 Å². The Balaban J connectivity index is 0.00000121. The molecule has 0 radical (unpaired) electrons. The van der Waals surface area contributed by atoms with Crippen LogP contribution in [0.4, 0.5) is 0 Å². The second kappa shape index (κ2) is 8.53. The van der Waals surface area contributed by atoms with Crippen LogP contribution in [0.5, 0.6) is 0 Å². The SMILES string of the molecule is O=C([O-])c1ccccc1-c1c2ccc(=O)cc-2oc2c[c-]ccc12.[Na+].[Na+]. The van der Waals surface area contributed by atoms with Crippen molar-refractivity contribution in [1.29, 1.82) is 0 Å². The molecule has 0 amide bonds. The molecule has 116 valence electrons. The monoisotopic (exact) mass is 360 g/mol. The summed E-state index contributed by atoms with van der Waals surface area (Å²) in [5.41, 5.74) is 2.32. The van der Waals surface area contributed by atoms with E-state index in [1.165, 1.54) is 18.2 Å². The fourth-order valence-corrected chi connectivity index (χ4v) is 2.93. The number of aromatic carboxylic acids is 1. The van der Waals surface area contributed by atoms with E-state index < -0.39 is 5.97 Å². The van der Waals surface area contributed by atoms with Crippen LogP contribution in [0.2, 0.25) is 0 Å². The number of fused-ring (bicyclic) bond motifs is 2. The van der Waals surface area contributed by atoms with E-state index in [1.54, 1.807) is 36.4 Å². The first-order chi connectivity index (χ1) is 11.6. The van der Waals surface area contributed by atoms with Crippen molar-refractivity contribution < 1.29 is 73.4 Å². The molecular weight excluding hydrogens is 350 g/mol. The average Bonchev–Trinajstić information content (AvgIpc) is 2.59. The van der Waals surface area contributed by atoms with Crippen LogP contribution in [0.1, 0.15) is 10.4 Å². The van der Waals surface area contributed by atoms with Gasteiger partial charge in [-0.3, -0.25) is 4.79 Å². The molecule has 26 heavy (non-hydrogen) atoms. The molecule has 0 spiro atoms. The summed E-state index contributed by atoms with van der Waals surface area (Å²) in [6, 6.07) is 19.3. The molecule has 0 unspecified atom stereocenters. The number of carbonyl (C=O) groups excluding carboxylic acids is 1. The van der Waals surface area contributed by atoms with Gasteiger partial charge in [0.25, 0.3) is 0 Å². The Hall–Kier alpha value is -1.40. The number of hydrogen-bond donors (Lipinski definition) is 0. The minimum absolute atomic E-state index is 0. The molecule has 2 aromatic rings. The van der Waals surface area contributed by atoms with E-state index in [1.807, 2.05) is 6.07 Å². The van der Waals surface area contributed by atoms with Crippen molar-refractivity contribution in [2.45, 2.75) is 0 Å². The maximum Gasteiger partial charge on any atom is 1.00 e. The Morgan fingerprint density at radius 3 is 2.54 bits per heavy atom. The summed E-state index contributed by atoms with van der Waals surface area (Å²) in [4.78, 5) is 23.2. The Morgan fingerprint density at radius 2 is 1.77 bits per heavy atom. The van der Waals surface area contributed by atoms with Crippen LogP contribution in [-0.2, 0) is 0 Å². The maximum absolute atomic E-state index is 11.7. The summed E-state index contributed by atoms with van der Waals surface area (Å²) in [5.74, 6) is -0.853. The van der Waals surface area contributed by atoms with Gasteiger partial charge in [0.2, 0.25) is 0 Å². The Morgan fingerprint density at radius 1 is 1.00 bits per heavy atom. The van der Waals surface area contributed by atoms with E-state index in [-0.39, 0.29) is 70.1 Å². The number of rotatable bonds is 2. The molecule has 0 fully saturated rings. The summed E-state index contributed by atoms with van der Waals surface area (Å²) < 4.78 is 5.80. The zero-order chi connectivity index (χ0) is 16.7. The van der Waals surface area contributed by atoms with E-state index >= 15 is 0 Å². The van der Waals surface area contributed by atoms with Gasteiger partial charge in [0.1, 0.15) is 5.76 Å². The first kappa shape index (κ1) is 20.9. The zero-order valence-corrected chi connectivity index (χ0v) is 18.4. The molecule has 2 aromatic carbocycles.